The summed E-state index contributed by atoms with van der Waals surface area (Å²) >= 11 is 1.72. The highest BCUT2D eigenvalue weighted by molar-refractivity contribution is 7.09. The molecule has 1 amide bonds. The Morgan fingerprint density at radius 2 is 1.92 bits per heavy atom. The molecule has 2 aromatic heterocycles. The number of hydrogen-bond donors (Lipinski definition) is 2. The highest BCUT2D eigenvalue weighted by Gasteiger charge is 2.31. The van der Waals surface area contributed by atoms with Crippen LogP contribution in [-0.2, 0) is 11.2 Å². The summed E-state index contributed by atoms with van der Waals surface area (Å²) in [7, 11) is 0. The number of fused-ring (bicyclic) bond motifs is 1. The Kier molecular flexibility index (Phi) is 8.18. The van der Waals surface area contributed by atoms with E-state index in [0.717, 1.165) is 61.8 Å². The average molecular weight is 510 g/mol. The zero-order valence-electron chi connectivity index (χ0n) is 21.9. The van der Waals surface area contributed by atoms with Gasteiger partial charge in [0.2, 0.25) is 0 Å². The third-order valence-corrected chi connectivity index (χ3v) is 8.75. The van der Waals surface area contributed by atoms with Gasteiger partial charge in [-0.1, -0.05) is 33.8 Å². The summed E-state index contributed by atoms with van der Waals surface area (Å²) in [6.45, 7) is 8.92. The maximum Gasteiger partial charge on any atom is 0.326 e. The maximum absolute atomic E-state index is 13.1. The van der Waals surface area contributed by atoms with E-state index in [1.807, 2.05) is 12.1 Å². The predicted molar refractivity (Wildman–Crippen MR) is 146 cm³/mol. The summed E-state index contributed by atoms with van der Waals surface area (Å²) in [5.41, 5.74) is 2.58. The standard InChI is InChI=1S/C29H39N3O3S/c1-5-21(6-2)32-25-10-9-20(17-23(25)30-26(32)18-22-8-7-15-36-22)27(33)31-24(28(34)35)16-19-11-13-29(3,4)14-12-19/h7-10,15,17,19,21,24H,5-6,11-14,16,18H2,1-4H3,(H,31,33)(H,34,35). The molecule has 2 N–H and O–H groups in total. The van der Waals surface area contributed by atoms with Crippen LogP contribution in [0.3, 0.4) is 0 Å². The van der Waals surface area contributed by atoms with Gasteiger partial charge < -0.3 is 15.0 Å². The number of aromatic nitrogens is 2. The topological polar surface area (TPSA) is 84.2 Å². The zero-order valence-corrected chi connectivity index (χ0v) is 22.7. The van der Waals surface area contributed by atoms with Gasteiger partial charge in [0.05, 0.1) is 11.0 Å². The van der Waals surface area contributed by atoms with Crippen molar-refractivity contribution < 1.29 is 14.7 Å². The van der Waals surface area contributed by atoms with Crippen molar-refractivity contribution in [1.29, 1.82) is 0 Å². The molecule has 1 saturated carbocycles. The number of imidazole rings is 1. The number of hydrogen-bond acceptors (Lipinski definition) is 4. The lowest BCUT2D eigenvalue weighted by Gasteiger charge is -2.35. The molecular weight excluding hydrogens is 470 g/mol. The van der Waals surface area contributed by atoms with Crippen LogP contribution in [0.2, 0.25) is 0 Å². The van der Waals surface area contributed by atoms with Crippen molar-refractivity contribution in [3.63, 3.8) is 0 Å². The molecule has 3 aromatic rings. The average Bonchev–Trinajstić information content (AvgIpc) is 3.48. The second-order valence-electron chi connectivity index (χ2n) is 11.0. The van der Waals surface area contributed by atoms with E-state index in [1.165, 1.54) is 4.88 Å². The fraction of sp³-hybridized carbons (Fsp3) is 0.552. The zero-order chi connectivity index (χ0) is 25.9. The van der Waals surface area contributed by atoms with Gasteiger partial charge in [-0.25, -0.2) is 9.78 Å². The molecule has 1 atom stereocenters. The predicted octanol–water partition coefficient (Wildman–Crippen LogP) is 6.84. The van der Waals surface area contributed by atoms with Crippen LogP contribution in [0.5, 0.6) is 0 Å². The first kappa shape index (κ1) is 26.4. The molecule has 1 aliphatic carbocycles. The summed E-state index contributed by atoms with van der Waals surface area (Å²) in [5.74, 6) is 0.0163. The summed E-state index contributed by atoms with van der Waals surface area (Å²) in [4.78, 5) is 31.3. The minimum Gasteiger partial charge on any atom is -0.480 e. The van der Waals surface area contributed by atoms with Crippen molar-refractivity contribution in [1.82, 2.24) is 14.9 Å². The Morgan fingerprint density at radius 1 is 1.19 bits per heavy atom. The van der Waals surface area contributed by atoms with Crippen molar-refractivity contribution in [2.75, 3.05) is 0 Å². The number of rotatable bonds is 10. The lowest BCUT2D eigenvalue weighted by Crippen LogP contribution is -2.42. The molecule has 1 aromatic carbocycles. The largest absolute Gasteiger partial charge is 0.480 e. The number of carboxylic acid groups (broad SMARTS) is 1. The van der Waals surface area contributed by atoms with E-state index in [1.54, 1.807) is 17.4 Å². The van der Waals surface area contributed by atoms with E-state index in [0.29, 0.717) is 29.4 Å². The Labute approximate surface area is 218 Å². The van der Waals surface area contributed by atoms with E-state index >= 15 is 0 Å². The van der Waals surface area contributed by atoms with Crippen LogP contribution in [-0.4, -0.2) is 32.6 Å². The minimum atomic E-state index is -0.967. The SMILES string of the molecule is CCC(CC)n1c(Cc2cccs2)nc2cc(C(=O)NC(CC3CCC(C)(C)CC3)C(=O)O)ccc21. The monoisotopic (exact) mass is 509 g/mol. The highest BCUT2D eigenvalue weighted by Crippen LogP contribution is 2.39. The number of carboxylic acids is 1. The number of aliphatic carboxylic acids is 1. The van der Waals surface area contributed by atoms with E-state index in [4.69, 9.17) is 4.98 Å². The molecule has 36 heavy (non-hydrogen) atoms. The van der Waals surface area contributed by atoms with Gasteiger partial charge in [0.1, 0.15) is 11.9 Å². The number of nitrogens with zero attached hydrogens (tertiary/aromatic N) is 2. The van der Waals surface area contributed by atoms with Gasteiger partial charge in [-0.3, -0.25) is 4.79 Å². The quantitative estimate of drug-likeness (QED) is 0.313. The molecule has 4 rings (SSSR count). The van der Waals surface area contributed by atoms with Crippen LogP contribution in [0.4, 0.5) is 0 Å². The number of carbonyl (C=O) groups excluding carboxylic acids is 1. The number of amides is 1. The lowest BCUT2D eigenvalue weighted by atomic mass is 9.71. The van der Waals surface area contributed by atoms with Crippen molar-refractivity contribution in [2.24, 2.45) is 11.3 Å². The molecular formula is C29H39N3O3S. The first-order chi connectivity index (χ1) is 17.2. The number of thiophene rings is 1. The maximum atomic E-state index is 13.1. The van der Waals surface area contributed by atoms with Crippen LogP contribution >= 0.6 is 11.3 Å². The molecule has 0 spiro atoms. The van der Waals surface area contributed by atoms with E-state index in [-0.39, 0.29) is 5.91 Å². The smallest absolute Gasteiger partial charge is 0.326 e. The number of nitrogens with one attached hydrogen (secondary N) is 1. The van der Waals surface area contributed by atoms with Gasteiger partial charge >= 0.3 is 5.97 Å². The molecule has 2 heterocycles. The molecule has 0 saturated heterocycles. The molecule has 1 aliphatic rings. The molecule has 1 fully saturated rings. The normalized spacial score (nSPS) is 16.9. The first-order valence-electron chi connectivity index (χ1n) is 13.3. The molecule has 1 unspecified atom stereocenters. The lowest BCUT2D eigenvalue weighted by molar-refractivity contribution is -0.139. The summed E-state index contributed by atoms with van der Waals surface area (Å²) in [6, 6.07) is 9.21. The second kappa shape index (κ2) is 11.2. The van der Waals surface area contributed by atoms with Crippen molar-refractivity contribution in [2.45, 2.75) is 91.1 Å². The number of carbonyl (C=O) groups is 2. The minimum absolute atomic E-state index is 0.328. The van der Waals surface area contributed by atoms with Crippen LogP contribution in [0.25, 0.3) is 11.0 Å². The molecule has 0 bridgehead atoms. The van der Waals surface area contributed by atoms with Crippen LogP contribution in [0.1, 0.15) is 99.7 Å². The van der Waals surface area contributed by atoms with Gasteiger partial charge in [-0.15, -0.1) is 11.3 Å². The third-order valence-electron chi connectivity index (χ3n) is 7.88. The van der Waals surface area contributed by atoms with E-state index in [9.17, 15) is 14.7 Å². The van der Waals surface area contributed by atoms with E-state index in [2.05, 4.69) is 55.1 Å². The summed E-state index contributed by atoms with van der Waals surface area (Å²) in [5, 5.41) is 14.7. The summed E-state index contributed by atoms with van der Waals surface area (Å²) in [6.07, 6.45) is 7.46. The van der Waals surface area contributed by atoms with Gasteiger partial charge in [-0.2, -0.15) is 0 Å². The number of benzene rings is 1. The Hall–Kier alpha value is -2.67. The summed E-state index contributed by atoms with van der Waals surface area (Å²) < 4.78 is 2.32. The van der Waals surface area contributed by atoms with Gasteiger partial charge in [0.15, 0.2) is 0 Å². The molecule has 0 aliphatic heterocycles. The molecule has 7 heteroatoms. The van der Waals surface area contributed by atoms with Gasteiger partial charge in [0.25, 0.3) is 5.91 Å². The highest BCUT2D eigenvalue weighted by atomic mass is 32.1. The molecule has 6 nitrogen and oxygen atoms in total. The fourth-order valence-corrected chi connectivity index (χ4v) is 6.24. The first-order valence-corrected chi connectivity index (χ1v) is 14.2. The Bertz CT molecular complexity index is 1180. The van der Waals surface area contributed by atoms with Gasteiger partial charge in [-0.05, 0) is 85.9 Å². The Morgan fingerprint density at radius 3 is 2.53 bits per heavy atom. The third kappa shape index (κ3) is 6.00. The van der Waals surface area contributed by atoms with Crippen molar-refractivity contribution in [3.05, 3.63) is 52.0 Å². The van der Waals surface area contributed by atoms with Crippen molar-refractivity contribution in [3.8, 4) is 0 Å². The second-order valence-corrected chi connectivity index (χ2v) is 12.1. The van der Waals surface area contributed by atoms with Crippen LogP contribution in [0, 0.1) is 11.3 Å². The Balaban J connectivity index is 1.55. The molecule has 194 valence electrons. The fourth-order valence-electron chi connectivity index (χ4n) is 5.54. The van der Waals surface area contributed by atoms with Crippen molar-refractivity contribution >= 4 is 34.2 Å². The van der Waals surface area contributed by atoms with Gasteiger partial charge in [0, 0.05) is 22.9 Å². The van der Waals surface area contributed by atoms with Crippen LogP contribution in [0.15, 0.2) is 35.7 Å². The van der Waals surface area contributed by atoms with Crippen LogP contribution < -0.4 is 5.32 Å². The molecule has 0 radical (unpaired) electrons. The van der Waals surface area contributed by atoms with E-state index < -0.39 is 12.0 Å².